The van der Waals surface area contributed by atoms with Gasteiger partial charge in [0.1, 0.15) is 104 Å². The van der Waals surface area contributed by atoms with Crippen molar-refractivity contribution in [2.75, 3.05) is 19.8 Å². The van der Waals surface area contributed by atoms with Gasteiger partial charge in [0.15, 0.2) is 49.6 Å². The number of aliphatic hydroxyl groups is 21. The first-order valence-corrected chi connectivity index (χ1v) is 30.9. The molecule has 5 aliphatic heterocycles. The van der Waals surface area contributed by atoms with Crippen molar-refractivity contribution in [3.8, 4) is 0 Å². The summed E-state index contributed by atoms with van der Waals surface area (Å²) in [5, 5.41) is 216. The number of carboxylic acid groups (broad SMARTS) is 1. The SMILES string of the molecule is O=C(C=CC1CCC(O)C(O)C1)OCC1OC(OC2CC(O)C3CC(OC4OC(CO)C(O)C(O)C4OC4OC(CO)C(O)C(O)C4OC(=O)C=CC4CCC(O)C(O)C4)C(C4CC(O)C(O)C(OC5OC(C(=O)O)C(O)C(O)C5O)C4)[OH+]C3C2)C(O)C(O)C1O. The molecule has 9 fully saturated rings. The molecule has 0 aromatic heterocycles. The Bertz CT molecular complexity index is 2430. The maximum atomic E-state index is 13.4. The highest BCUT2D eigenvalue weighted by atomic mass is 16.8. The smallest absolute Gasteiger partial charge is 0.335 e. The molecule has 91 heavy (non-hydrogen) atoms. The van der Waals surface area contributed by atoms with Gasteiger partial charge in [0.05, 0.1) is 68.0 Å². The van der Waals surface area contributed by atoms with E-state index in [-0.39, 0.29) is 63.2 Å². The van der Waals surface area contributed by atoms with Crippen LogP contribution in [-0.4, -0.2) is 341 Å². The number of carbonyl (C=O) groups excluding carboxylic acids is 2. The number of fused-ring (bicyclic) bond motifs is 1. The molecule has 0 spiro atoms. The summed E-state index contributed by atoms with van der Waals surface area (Å²) in [4.78, 5) is 38.2. The molecule has 5 heterocycles. The van der Waals surface area contributed by atoms with Crippen LogP contribution in [0.3, 0.4) is 0 Å². The standard InChI is InChI=1S/C57H88O34/c58-16-33-40(70)45(75)52(91-57-51(44(74)39(69)34(17-59)87-57)89-37(67)8-4-20-2-6-25(61)28(64)10-20)56(86-33)85-32-15-23-26(62)13-22(82-54-47(77)42(72)41(71)35(88-54)18-81-36(66)7-3-19-1-5-24(60)27(63)9-19)14-30(23)83-49(32)21-11-29(65)38(68)31(12-21)84-55-48(78)43(73)46(76)50(90-55)53(79)80/h3-4,7-8,19-35,38-52,54-65,68-78H,1-2,5-6,9-18H2,(H,79,80)/p+1. The minimum Gasteiger partial charge on any atom is -0.479 e. The topological polar surface area (TPSA) is 561 Å². The molecule has 4 saturated carbocycles. The molecule has 34 heteroatoms. The Morgan fingerprint density at radius 2 is 0.967 bits per heavy atom. The van der Waals surface area contributed by atoms with E-state index in [0.717, 1.165) is 12.2 Å². The molecule has 9 aliphatic rings. The highest BCUT2D eigenvalue weighted by molar-refractivity contribution is 5.82. The predicted octanol–water partition coefficient (Wildman–Crippen LogP) is -9.71. The third-order valence-electron chi connectivity index (χ3n) is 19.2. The van der Waals surface area contributed by atoms with Crippen LogP contribution in [0.15, 0.2) is 24.3 Å². The maximum absolute atomic E-state index is 13.4. The molecule has 21 N–H and O–H groups in total. The number of rotatable bonds is 19. The van der Waals surface area contributed by atoms with Crippen molar-refractivity contribution in [1.29, 1.82) is 0 Å². The lowest BCUT2D eigenvalue weighted by atomic mass is 9.72. The maximum Gasteiger partial charge on any atom is 0.335 e. The normalized spacial score (nSPS) is 50.1. The third kappa shape index (κ3) is 16.6. The van der Waals surface area contributed by atoms with Crippen molar-refractivity contribution in [3.05, 3.63) is 24.3 Å². The van der Waals surface area contributed by atoms with Gasteiger partial charge in [-0.15, -0.1) is 0 Å². The average Bonchev–Trinajstić information content (AvgIpc) is 1.47. The van der Waals surface area contributed by atoms with E-state index >= 15 is 0 Å². The van der Waals surface area contributed by atoms with E-state index in [1.165, 1.54) is 12.2 Å². The van der Waals surface area contributed by atoms with Gasteiger partial charge in [0.25, 0.3) is 0 Å². The molecule has 36 unspecified atom stereocenters. The first kappa shape index (κ1) is 72.0. The summed E-state index contributed by atoms with van der Waals surface area (Å²) in [5.74, 6) is -6.29. The van der Waals surface area contributed by atoms with Crippen molar-refractivity contribution in [2.24, 2.45) is 23.7 Å². The average molecular weight is 1320 g/mol. The van der Waals surface area contributed by atoms with Crippen LogP contribution < -0.4 is 0 Å². The van der Waals surface area contributed by atoms with Crippen molar-refractivity contribution in [1.82, 2.24) is 0 Å². The molecule has 4 aliphatic carbocycles. The Hall–Kier alpha value is -3.23. The van der Waals surface area contributed by atoms with E-state index in [2.05, 4.69) is 0 Å². The number of esters is 2. The summed E-state index contributed by atoms with van der Waals surface area (Å²) in [7, 11) is 0. The van der Waals surface area contributed by atoms with E-state index in [4.69, 9.17) is 52.1 Å². The Morgan fingerprint density at radius 3 is 1.55 bits per heavy atom. The summed E-state index contributed by atoms with van der Waals surface area (Å²) in [5.41, 5.74) is 0. The number of allylic oxidation sites excluding steroid dienone is 2. The monoisotopic (exact) mass is 1320 g/mol. The van der Waals surface area contributed by atoms with Gasteiger partial charge in [-0.2, -0.15) is 0 Å². The lowest BCUT2D eigenvalue weighted by Gasteiger charge is -2.51. The summed E-state index contributed by atoms with van der Waals surface area (Å²) < 4.78 is 64.0. The zero-order valence-electron chi connectivity index (χ0n) is 49.2. The van der Waals surface area contributed by atoms with Crippen LogP contribution in [0.1, 0.15) is 70.6 Å². The minimum atomic E-state index is -2.13. The summed E-state index contributed by atoms with van der Waals surface area (Å²) in [6, 6.07) is 0. The number of carbonyl (C=O) groups is 3. The molecule has 0 aromatic carbocycles. The van der Waals surface area contributed by atoms with Crippen LogP contribution >= 0.6 is 0 Å². The number of carboxylic acids is 1. The van der Waals surface area contributed by atoms with Crippen molar-refractivity contribution < 1.29 is 169 Å². The fourth-order valence-corrected chi connectivity index (χ4v) is 13.9. The largest absolute Gasteiger partial charge is 0.479 e. The molecular weight excluding hydrogens is 1230 g/mol. The number of aliphatic carboxylic acids is 1. The zero-order valence-corrected chi connectivity index (χ0v) is 49.2. The molecule has 5 saturated heterocycles. The molecule has 0 bridgehead atoms. The van der Waals surface area contributed by atoms with E-state index < -0.39 is 246 Å². The Labute approximate surface area is 519 Å². The highest BCUT2D eigenvalue weighted by Crippen LogP contribution is 2.45. The van der Waals surface area contributed by atoms with Crippen molar-refractivity contribution in [3.63, 3.8) is 0 Å². The van der Waals surface area contributed by atoms with Crippen molar-refractivity contribution in [2.45, 2.75) is 267 Å². The lowest BCUT2D eigenvalue weighted by Crippen LogP contribution is -2.66. The minimum absolute atomic E-state index is 0.0896. The first-order chi connectivity index (χ1) is 43.2. The van der Waals surface area contributed by atoms with E-state index in [1.807, 2.05) is 0 Å². The second-order valence-corrected chi connectivity index (χ2v) is 25.5. The summed E-state index contributed by atoms with van der Waals surface area (Å²) >= 11 is 0. The quantitative estimate of drug-likeness (QED) is 0.0324. The predicted molar refractivity (Wildman–Crippen MR) is 292 cm³/mol. The van der Waals surface area contributed by atoms with Gasteiger partial charge in [-0.3, -0.25) is 0 Å². The van der Waals surface area contributed by atoms with E-state index in [9.17, 15) is 117 Å². The molecule has 0 aromatic rings. The second-order valence-electron chi connectivity index (χ2n) is 25.5. The summed E-state index contributed by atoms with van der Waals surface area (Å²) in [6.07, 6.45) is -48.1. The van der Waals surface area contributed by atoms with Gasteiger partial charge in [-0.25, -0.2) is 14.4 Å². The van der Waals surface area contributed by atoms with Crippen molar-refractivity contribution >= 4 is 17.9 Å². The van der Waals surface area contributed by atoms with Crippen LogP contribution in [0.5, 0.6) is 0 Å². The molecular formula is C57H89O34+. The Morgan fingerprint density at radius 1 is 0.440 bits per heavy atom. The molecule has 0 radical (unpaired) electrons. The molecule has 36 atom stereocenters. The van der Waals surface area contributed by atoms with Gasteiger partial charge < -0.3 is 154 Å². The molecule has 0 amide bonds. The Balaban J connectivity index is 0.961. The van der Waals surface area contributed by atoms with Crippen LogP contribution in [0.25, 0.3) is 0 Å². The fourth-order valence-electron chi connectivity index (χ4n) is 13.9. The molecule has 9 rings (SSSR count). The highest BCUT2D eigenvalue weighted by Gasteiger charge is 2.60. The van der Waals surface area contributed by atoms with Gasteiger partial charge in [-0.1, -0.05) is 12.2 Å². The molecule has 34 nitrogen and oxygen atoms in total. The number of hydrogen-bond donors (Lipinski definition) is 20. The van der Waals surface area contributed by atoms with Gasteiger partial charge >= 0.3 is 17.9 Å². The summed E-state index contributed by atoms with van der Waals surface area (Å²) in [6.45, 7) is -2.55. The van der Waals surface area contributed by atoms with Crippen LogP contribution in [0.2, 0.25) is 0 Å². The van der Waals surface area contributed by atoms with Crippen LogP contribution in [-0.2, 0) is 61.8 Å². The van der Waals surface area contributed by atoms with Gasteiger partial charge in [0, 0.05) is 30.9 Å². The zero-order chi connectivity index (χ0) is 66.0. The number of hydrogen-bond acceptors (Lipinski definition) is 32. The lowest BCUT2D eigenvalue weighted by molar-refractivity contribution is -0.389. The van der Waals surface area contributed by atoms with Gasteiger partial charge in [0.2, 0.25) is 0 Å². The third-order valence-corrected chi connectivity index (χ3v) is 19.2. The molecule has 520 valence electrons. The first-order valence-electron chi connectivity index (χ1n) is 30.9. The van der Waals surface area contributed by atoms with E-state index in [0.29, 0.717) is 19.3 Å². The van der Waals surface area contributed by atoms with E-state index in [1.54, 1.807) is 0 Å². The number of ether oxygens (including phenoxy) is 11. The number of aliphatic hydroxyl groups excluding tert-OH is 19. The Kier molecular flexibility index (Phi) is 24.8. The fraction of sp³-hybridized carbons (Fsp3) is 0.877. The van der Waals surface area contributed by atoms with Gasteiger partial charge in [-0.05, 0) is 69.6 Å². The van der Waals surface area contributed by atoms with Crippen LogP contribution in [0.4, 0.5) is 0 Å². The van der Waals surface area contributed by atoms with Crippen LogP contribution in [0, 0.1) is 23.7 Å². The second kappa shape index (κ2) is 31.3.